The number of thioether (sulfide) groups is 1. The highest BCUT2D eigenvalue weighted by Gasteiger charge is 2.32. The van der Waals surface area contributed by atoms with Crippen molar-refractivity contribution in [1.29, 1.82) is 0 Å². The van der Waals surface area contributed by atoms with Crippen molar-refractivity contribution in [3.05, 3.63) is 59.3 Å². The zero-order chi connectivity index (χ0) is 16.2. The third kappa shape index (κ3) is 3.79. The van der Waals surface area contributed by atoms with E-state index in [1.165, 1.54) is 30.0 Å². The van der Waals surface area contributed by atoms with E-state index in [1.54, 1.807) is 24.6 Å². The van der Waals surface area contributed by atoms with Gasteiger partial charge in [-0.2, -0.15) is 13.2 Å². The molecule has 0 fully saturated rings. The number of carbonyl (C=O) groups is 1. The lowest BCUT2D eigenvalue weighted by Crippen LogP contribution is -2.25. The summed E-state index contributed by atoms with van der Waals surface area (Å²) in [7, 11) is 0. The number of amides is 1. The van der Waals surface area contributed by atoms with Crippen molar-refractivity contribution < 1.29 is 18.0 Å². The van der Waals surface area contributed by atoms with Gasteiger partial charge in [0.2, 0.25) is 0 Å². The molecule has 7 heteroatoms. The number of benzene rings is 1. The summed E-state index contributed by atoms with van der Waals surface area (Å²) in [5.41, 5.74) is -0.371. The summed E-state index contributed by atoms with van der Waals surface area (Å²) in [6.07, 6.45) is -1.11. The number of hydrogen-bond acceptors (Lipinski definition) is 3. The van der Waals surface area contributed by atoms with Gasteiger partial charge in [-0.3, -0.25) is 4.79 Å². The zero-order valence-electron chi connectivity index (χ0n) is 11.6. The lowest BCUT2D eigenvalue weighted by atomic mass is 10.1. The van der Waals surface area contributed by atoms with E-state index in [-0.39, 0.29) is 12.1 Å². The molecule has 2 aromatic rings. The third-order valence-electron chi connectivity index (χ3n) is 2.97. The summed E-state index contributed by atoms with van der Waals surface area (Å²) in [5.74, 6) is -0.450. The van der Waals surface area contributed by atoms with Gasteiger partial charge in [0.1, 0.15) is 5.03 Å². The Balaban J connectivity index is 2.16. The van der Waals surface area contributed by atoms with Gasteiger partial charge in [0, 0.05) is 12.7 Å². The Labute approximate surface area is 129 Å². The SMILES string of the molecule is CSc1ncccc1C(=O)NCc1ccccc1C(F)(F)F. The van der Waals surface area contributed by atoms with Gasteiger partial charge in [-0.15, -0.1) is 11.8 Å². The van der Waals surface area contributed by atoms with E-state index < -0.39 is 17.6 Å². The van der Waals surface area contributed by atoms with Gasteiger partial charge >= 0.3 is 6.18 Å². The fraction of sp³-hybridized carbons (Fsp3) is 0.200. The minimum Gasteiger partial charge on any atom is -0.348 e. The van der Waals surface area contributed by atoms with Crippen LogP contribution in [0.5, 0.6) is 0 Å². The van der Waals surface area contributed by atoms with Gasteiger partial charge in [0.25, 0.3) is 5.91 Å². The van der Waals surface area contributed by atoms with E-state index in [1.807, 2.05) is 0 Å². The second-order valence-electron chi connectivity index (χ2n) is 4.40. The number of rotatable bonds is 4. The normalized spacial score (nSPS) is 11.3. The van der Waals surface area contributed by atoms with Crippen LogP contribution in [0.1, 0.15) is 21.5 Å². The highest BCUT2D eigenvalue weighted by Crippen LogP contribution is 2.31. The van der Waals surface area contributed by atoms with Gasteiger partial charge in [-0.05, 0) is 30.0 Å². The Hall–Kier alpha value is -2.02. The molecule has 116 valence electrons. The van der Waals surface area contributed by atoms with Gasteiger partial charge in [0.05, 0.1) is 11.1 Å². The first kappa shape index (κ1) is 16.4. The Bertz CT molecular complexity index is 674. The van der Waals surface area contributed by atoms with Crippen LogP contribution >= 0.6 is 11.8 Å². The smallest absolute Gasteiger partial charge is 0.348 e. The van der Waals surface area contributed by atoms with Crippen LogP contribution in [-0.4, -0.2) is 17.1 Å². The van der Waals surface area contributed by atoms with Crippen molar-refractivity contribution in [2.45, 2.75) is 17.7 Å². The molecule has 1 heterocycles. The predicted octanol–water partition coefficient (Wildman–Crippen LogP) is 3.75. The number of hydrogen-bond donors (Lipinski definition) is 1. The highest BCUT2D eigenvalue weighted by molar-refractivity contribution is 7.98. The molecule has 2 rings (SSSR count). The largest absolute Gasteiger partial charge is 0.416 e. The summed E-state index contributed by atoms with van der Waals surface area (Å²) < 4.78 is 38.7. The van der Waals surface area contributed by atoms with Crippen molar-refractivity contribution in [2.75, 3.05) is 6.26 Å². The summed E-state index contributed by atoms with van der Waals surface area (Å²) in [4.78, 5) is 16.2. The summed E-state index contributed by atoms with van der Waals surface area (Å²) in [5, 5.41) is 3.04. The molecule has 0 saturated carbocycles. The molecule has 0 spiro atoms. The van der Waals surface area contributed by atoms with Crippen LogP contribution in [0.4, 0.5) is 13.2 Å². The van der Waals surface area contributed by atoms with E-state index in [0.717, 1.165) is 6.07 Å². The number of halogens is 3. The van der Waals surface area contributed by atoms with Crippen molar-refractivity contribution >= 4 is 17.7 Å². The van der Waals surface area contributed by atoms with Crippen molar-refractivity contribution in [2.24, 2.45) is 0 Å². The van der Waals surface area contributed by atoms with Crippen molar-refractivity contribution in [3.63, 3.8) is 0 Å². The number of pyridine rings is 1. The molecular weight excluding hydrogens is 313 g/mol. The van der Waals surface area contributed by atoms with Crippen LogP contribution in [-0.2, 0) is 12.7 Å². The first-order valence-corrected chi connectivity index (χ1v) is 7.58. The zero-order valence-corrected chi connectivity index (χ0v) is 12.5. The molecule has 22 heavy (non-hydrogen) atoms. The standard InChI is InChI=1S/C15H13F3N2OS/c1-22-14-11(6-4-8-19-14)13(21)20-9-10-5-2-3-7-12(10)15(16,17)18/h2-8H,9H2,1H3,(H,20,21). The Morgan fingerprint density at radius 3 is 2.64 bits per heavy atom. The molecule has 1 aromatic carbocycles. The maximum atomic E-state index is 12.9. The average Bonchev–Trinajstić information content (AvgIpc) is 2.52. The first-order chi connectivity index (χ1) is 10.4. The van der Waals surface area contributed by atoms with E-state index in [0.29, 0.717) is 10.6 Å². The summed E-state index contributed by atoms with van der Waals surface area (Å²) >= 11 is 1.30. The fourth-order valence-corrected chi connectivity index (χ4v) is 2.49. The molecule has 0 unspecified atom stereocenters. The van der Waals surface area contributed by atoms with Crippen molar-refractivity contribution in [3.8, 4) is 0 Å². The minimum atomic E-state index is -4.44. The average molecular weight is 326 g/mol. The van der Waals surface area contributed by atoms with E-state index in [2.05, 4.69) is 10.3 Å². The molecular formula is C15H13F3N2OS. The van der Waals surface area contributed by atoms with E-state index in [9.17, 15) is 18.0 Å². The molecule has 0 aliphatic carbocycles. The van der Waals surface area contributed by atoms with Crippen LogP contribution in [0.3, 0.4) is 0 Å². The molecule has 1 aromatic heterocycles. The van der Waals surface area contributed by atoms with Crippen molar-refractivity contribution in [1.82, 2.24) is 10.3 Å². The molecule has 3 nitrogen and oxygen atoms in total. The number of aromatic nitrogens is 1. The second kappa shape index (κ2) is 6.83. The number of nitrogens with zero attached hydrogens (tertiary/aromatic N) is 1. The second-order valence-corrected chi connectivity index (χ2v) is 5.19. The van der Waals surface area contributed by atoms with Gasteiger partial charge in [0.15, 0.2) is 0 Å². The third-order valence-corrected chi connectivity index (χ3v) is 3.68. The monoisotopic (exact) mass is 326 g/mol. The molecule has 0 radical (unpaired) electrons. The Kier molecular flexibility index (Phi) is 5.07. The van der Waals surface area contributed by atoms with Gasteiger partial charge in [-0.25, -0.2) is 4.98 Å². The van der Waals surface area contributed by atoms with Crippen LogP contribution < -0.4 is 5.32 Å². The van der Waals surface area contributed by atoms with Crippen LogP contribution in [0.2, 0.25) is 0 Å². The first-order valence-electron chi connectivity index (χ1n) is 6.36. The van der Waals surface area contributed by atoms with Crippen LogP contribution in [0.15, 0.2) is 47.6 Å². The lowest BCUT2D eigenvalue weighted by molar-refractivity contribution is -0.138. The maximum Gasteiger partial charge on any atom is 0.416 e. The van der Waals surface area contributed by atoms with E-state index in [4.69, 9.17) is 0 Å². The van der Waals surface area contributed by atoms with Crippen LogP contribution in [0, 0.1) is 0 Å². The maximum absolute atomic E-state index is 12.9. The predicted molar refractivity (Wildman–Crippen MR) is 78.6 cm³/mol. The quantitative estimate of drug-likeness (QED) is 0.870. The molecule has 0 aliphatic heterocycles. The lowest BCUT2D eigenvalue weighted by Gasteiger charge is -2.13. The Morgan fingerprint density at radius 1 is 1.23 bits per heavy atom. The molecule has 1 N–H and O–H groups in total. The summed E-state index contributed by atoms with van der Waals surface area (Å²) in [6, 6.07) is 8.37. The number of carbonyl (C=O) groups excluding carboxylic acids is 1. The van der Waals surface area contributed by atoms with Gasteiger partial charge in [-0.1, -0.05) is 18.2 Å². The highest BCUT2D eigenvalue weighted by atomic mass is 32.2. The number of alkyl halides is 3. The molecule has 0 aliphatic rings. The topological polar surface area (TPSA) is 42.0 Å². The fourth-order valence-electron chi connectivity index (χ4n) is 1.95. The molecule has 0 bridgehead atoms. The summed E-state index contributed by atoms with van der Waals surface area (Å²) in [6.45, 7) is -0.197. The molecule has 0 atom stereocenters. The molecule has 0 saturated heterocycles. The minimum absolute atomic E-state index is 0.0259. The van der Waals surface area contributed by atoms with Crippen LogP contribution in [0.25, 0.3) is 0 Å². The Morgan fingerprint density at radius 2 is 1.95 bits per heavy atom. The number of nitrogens with one attached hydrogen (secondary N) is 1. The van der Waals surface area contributed by atoms with E-state index >= 15 is 0 Å². The van der Waals surface area contributed by atoms with Gasteiger partial charge < -0.3 is 5.32 Å². The molecule has 1 amide bonds.